The van der Waals surface area contributed by atoms with E-state index in [-0.39, 0.29) is 5.97 Å². The van der Waals surface area contributed by atoms with Crippen LogP contribution in [0.1, 0.15) is 78.1 Å². The van der Waals surface area contributed by atoms with Gasteiger partial charge in [0.25, 0.3) is 0 Å². The highest BCUT2D eigenvalue weighted by Gasteiger charge is 1.94. The van der Waals surface area contributed by atoms with Crippen LogP contribution >= 0.6 is 0 Å². The van der Waals surface area contributed by atoms with Crippen molar-refractivity contribution in [3.8, 4) is 11.8 Å². The SMILES string of the molecule is CCC#C/C=C/CCCCCCCCCCOC(C)=O. The maximum Gasteiger partial charge on any atom is 0.302 e. The molecule has 0 saturated heterocycles. The lowest BCUT2D eigenvalue weighted by Gasteiger charge is -2.02. The van der Waals surface area contributed by atoms with Crippen LogP contribution in [-0.2, 0) is 9.53 Å². The summed E-state index contributed by atoms with van der Waals surface area (Å²) in [6, 6.07) is 0. The molecule has 0 aromatic carbocycles. The highest BCUT2D eigenvalue weighted by molar-refractivity contribution is 5.65. The van der Waals surface area contributed by atoms with Crippen molar-refractivity contribution in [2.45, 2.75) is 78.1 Å². The standard InChI is InChI=1S/C18H30O2/c1-3-4-5-6-7-8-9-10-11-12-13-14-15-16-17-20-18(2)19/h6-7H,3,8-17H2,1-2H3/b7-6+. The van der Waals surface area contributed by atoms with E-state index >= 15 is 0 Å². The molecular formula is C18H30O2. The summed E-state index contributed by atoms with van der Waals surface area (Å²) in [6.45, 7) is 4.12. The Morgan fingerprint density at radius 2 is 1.60 bits per heavy atom. The summed E-state index contributed by atoms with van der Waals surface area (Å²) in [5.74, 6) is 5.88. The van der Waals surface area contributed by atoms with Crippen LogP contribution in [0.15, 0.2) is 12.2 Å². The fourth-order valence-corrected chi connectivity index (χ4v) is 1.94. The monoisotopic (exact) mass is 278 g/mol. The van der Waals surface area contributed by atoms with Gasteiger partial charge in [-0.15, -0.1) is 0 Å². The van der Waals surface area contributed by atoms with Crippen LogP contribution in [0.3, 0.4) is 0 Å². The predicted molar refractivity (Wildman–Crippen MR) is 85.4 cm³/mol. The van der Waals surface area contributed by atoms with Crippen molar-refractivity contribution in [3.05, 3.63) is 12.2 Å². The smallest absolute Gasteiger partial charge is 0.302 e. The quantitative estimate of drug-likeness (QED) is 0.301. The Bertz CT molecular complexity index is 307. The molecule has 0 rings (SSSR count). The first-order valence-corrected chi connectivity index (χ1v) is 8.04. The summed E-state index contributed by atoms with van der Waals surface area (Å²) in [6.07, 6.45) is 16.2. The fourth-order valence-electron chi connectivity index (χ4n) is 1.94. The van der Waals surface area contributed by atoms with Crippen molar-refractivity contribution in [1.29, 1.82) is 0 Å². The molecule has 0 atom stereocenters. The van der Waals surface area contributed by atoms with E-state index < -0.39 is 0 Å². The van der Waals surface area contributed by atoms with Gasteiger partial charge in [0.2, 0.25) is 0 Å². The molecule has 0 saturated carbocycles. The summed E-state index contributed by atoms with van der Waals surface area (Å²) in [5, 5.41) is 0. The number of allylic oxidation sites excluding steroid dienone is 2. The van der Waals surface area contributed by atoms with E-state index in [0.29, 0.717) is 6.61 Å². The zero-order chi connectivity index (χ0) is 14.9. The summed E-state index contributed by atoms with van der Waals surface area (Å²) < 4.78 is 4.89. The van der Waals surface area contributed by atoms with Gasteiger partial charge in [0.15, 0.2) is 0 Å². The van der Waals surface area contributed by atoms with Gasteiger partial charge in [-0.2, -0.15) is 0 Å². The second-order valence-electron chi connectivity index (χ2n) is 5.03. The summed E-state index contributed by atoms with van der Waals surface area (Å²) in [5.41, 5.74) is 0. The second kappa shape index (κ2) is 15.8. The topological polar surface area (TPSA) is 26.3 Å². The Morgan fingerprint density at radius 3 is 2.20 bits per heavy atom. The average Bonchev–Trinajstić information content (AvgIpc) is 2.43. The molecule has 0 aliphatic rings. The zero-order valence-corrected chi connectivity index (χ0v) is 13.2. The van der Waals surface area contributed by atoms with Gasteiger partial charge in [-0.1, -0.05) is 63.4 Å². The third-order valence-corrected chi connectivity index (χ3v) is 3.05. The van der Waals surface area contributed by atoms with E-state index in [0.717, 1.165) is 19.3 Å². The number of hydrogen-bond donors (Lipinski definition) is 0. The van der Waals surface area contributed by atoms with Gasteiger partial charge in [-0.3, -0.25) is 4.79 Å². The number of ether oxygens (including phenoxy) is 1. The average molecular weight is 278 g/mol. The molecule has 2 nitrogen and oxygen atoms in total. The molecule has 0 aliphatic heterocycles. The number of carbonyl (C=O) groups excluding carboxylic acids is 1. The third kappa shape index (κ3) is 16.8. The molecule has 0 unspecified atom stereocenters. The van der Waals surface area contributed by atoms with E-state index in [1.54, 1.807) is 0 Å². The zero-order valence-electron chi connectivity index (χ0n) is 13.2. The number of hydrogen-bond acceptors (Lipinski definition) is 2. The largest absolute Gasteiger partial charge is 0.466 e. The van der Waals surface area contributed by atoms with Crippen LogP contribution in [0.2, 0.25) is 0 Å². The van der Waals surface area contributed by atoms with Crippen molar-refractivity contribution in [2.24, 2.45) is 0 Å². The van der Waals surface area contributed by atoms with Crippen LogP contribution < -0.4 is 0 Å². The van der Waals surface area contributed by atoms with Crippen LogP contribution in [0.25, 0.3) is 0 Å². The lowest BCUT2D eigenvalue weighted by molar-refractivity contribution is -0.141. The number of carbonyl (C=O) groups is 1. The van der Waals surface area contributed by atoms with Crippen molar-refractivity contribution in [3.63, 3.8) is 0 Å². The number of unbranched alkanes of at least 4 members (excludes halogenated alkanes) is 8. The molecule has 0 aromatic rings. The Morgan fingerprint density at radius 1 is 1.00 bits per heavy atom. The minimum atomic E-state index is -0.167. The van der Waals surface area contributed by atoms with E-state index in [1.165, 1.54) is 51.9 Å². The molecular weight excluding hydrogens is 248 g/mol. The van der Waals surface area contributed by atoms with E-state index in [9.17, 15) is 4.79 Å². The van der Waals surface area contributed by atoms with E-state index in [2.05, 4.69) is 24.8 Å². The van der Waals surface area contributed by atoms with Gasteiger partial charge in [-0.25, -0.2) is 0 Å². The molecule has 0 aliphatic carbocycles. The molecule has 0 heterocycles. The Balaban J connectivity index is 3.10. The lowest BCUT2D eigenvalue weighted by Crippen LogP contribution is -2.00. The van der Waals surface area contributed by atoms with E-state index in [1.807, 2.05) is 6.08 Å². The van der Waals surface area contributed by atoms with Crippen molar-refractivity contribution < 1.29 is 9.53 Å². The summed E-state index contributed by atoms with van der Waals surface area (Å²) in [4.78, 5) is 10.5. The van der Waals surface area contributed by atoms with Gasteiger partial charge < -0.3 is 4.74 Å². The maximum absolute atomic E-state index is 10.5. The van der Waals surface area contributed by atoms with E-state index in [4.69, 9.17) is 4.74 Å². The highest BCUT2D eigenvalue weighted by atomic mass is 16.5. The van der Waals surface area contributed by atoms with Crippen LogP contribution in [0.4, 0.5) is 0 Å². The first kappa shape index (κ1) is 18.8. The van der Waals surface area contributed by atoms with Crippen LogP contribution in [0, 0.1) is 11.8 Å². The molecule has 114 valence electrons. The predicted octanol–water partition coefficient (Wildman–Crippen LogP) is 5.03. The Kier molecular flexibility index (Phi) is 14.9. The minimum Gasteiger partial charge on any atom is -0.466 e. The molecule has 0 amide bonds. The van der Waals surface area contributed by atoms with Gasteiger partial charge in [0.1, 0.15) is 0 Å². The first-order chi connectivity index (χ1) is 9.77. The normalized spacial score (nSPS) is 10.3. The molecule has 0 spiro atoms. The van der Waals surface area contributed by atoms with Crippen LogP contribution in [-0.4, -0.2) is 12.6 Å². The van der Waals surface area contributed by atoms with Gasteiger partial charge in [0.05, 0.1) is 6.61 Å². The van der Waals surface area contributed by atoms with Gasteiger partial charge >= 0.3 is 5.97 Å². The maximum atomic E-state index is 10.5. The van der Waals surface area contributed by atoms with Crippen molar-refractivity contribution in [1.82, 2.24) is 0 Å². The third-order valence-electron chi connectivity index (χ3n) is 3.05. The second-order valence-corrected chi connectivity index (χ2v) is 5.03. The fraction of sp³-hybridized carbons (Fsp3) is 0.722. The number of esters is 1. The van der Waals surface area contributed by atoms with Crippen LogP contribution in [0.5, 0.6) is 0 Å². The first-order valence-electron chi connectivity index (χ1n) is 8.04. The molecule has 0 radical (unpaired) electrons. The summed E-state index contributed by atoms with van der Waals surface area (Å²) in [7, 11) is 0. The number of rotatable bonds is 11. The van der Waals surface area contributed by atoms with Crippen molar-refractivity contribution >= 4 is 5.97 Å². The van der Waals surface area contributed by atoms with Crippen molar-refractivity contribution in [2.75, 3.05) is 6.61 Å². The minimum absolute atomic E-state index is 0.167. The molecule has 0 bridgehead atoms. The Labute approximate surface area is 125 Å². The molecule has 0 aromatic heterocycles. The molecule has 20 heavy (non-hydrogen) atoms. The lowest BCUT2D eigenvalue weighted by atomic mass is 10.1. The van der Waals surface area contributed by atoms with Gasteiger partial charge in [0, 0.05) is 13.3 Å². The molecule has 0 fully saturated rings. The highest BCUT2D eigenvalue weighted by Crippen LogP contribution is 2.10. The van der Waals surface area contributed by atoms with Gasteiger partial charge in [-0.05, 0) is 25.3 Å². The molecule has 0 N–H and O–H groups in total. The molecule has 2 heteroatoms. The Hall–Kier alpha value is -1.23. The summed E-state index contributed by atoms with van der Waals surface area (Å²) >= 11 is 0.